The Morgan fingerprint density at radius 2 is 1.74 bits per heavy atom. The molecule has 0 bridgehead atoms. The molecule has 0 spiro atoms. The summed E-state index contributed by atoms with van der Waals surface area (Å²) in [7, 11) is 1.24. The lowest BCUT2D eigenvalue weighted by atomic mass is 10.0. The molecule has 0 aliphatic rings. The first-order valence-corrected chi connectivity index (χ1v) is 13.8. The summed E-state index contributed by atoms with van der Waals surface area (Å²) in [5, 5.41) is 15.2. The highest BCUT2D eigenvalue weighted by atomic mass is 35.5. The molecule has 1 heterocycles. The molecule has 2 amide bonds. The van der Waals surface area contributed by atoms with E-state index in [1.165, 1.54) is 7.11 Å². The second-order valence-electron chi connectivity index (χ2n) is 9.65. The maximum Gasteiger partial charge on any atom is 0.325 e. The van der Waals surface area contributed by atoms with Crippen LogP contribution in [0.5, 0.6) is 0 Å². The summed E-state index contributed by atoms with van der Waals surface area (Å²) in [4.78, 5) is 53.0. The van der Waals surface area contributed by atoms with Crippen LogP contribution in [0.25, 0.3) is 11.0 Å². The van der Waals surface area contributed by atoms with Gasteiger partial charge in [0.15, 0.2) is 0 Å². The van der Waals surface area contributed by atoms with Crippen LogP contribution in [-0.2, 0) is 32.1 Å². The van der Waals surface area contributed by atoms with Crippen molar-refractivity contribution < 1.29 is 29.0 Å². The number of ether oxygens (including phenoxy) is 1. The van der Waals surface area contributed by atoms with Gasteiger partial charge in [0, 0.05) is 17.0 Å². The molecule has 4 rings (SSSR count). The fraction of sp³-hybridized carbons (Fsp3) is 0.258. The predicted octanol–water partition coefficient (Wildman–Crippen LogP) is 4.30. The lowest BCUT2D eigenvalue weighted by Gasteiger charge is -2.21. The SMILES string of the molecule is COC(=O)CNC(=O)c1ccc2c(c1)nc(C(CCc1ccccc1)NC(=O)CCC(=O)O)n2Cc1ccccc1Cl. The van der Waals surface area contributed by atoms with Gasteiger partial charge >= 0.3 is 11.9 Å². The van der Waals surface area contributed by atoms with Crippen molar-refractivity contribution in [3.8, 4) is 0 Å². The minimum absolute atomic E-state index is 0.174. The van der Waals surface area contributed by atoms with Crippen molar-refractivity contribution in [3.05, 3.63) is 100 Å². The molecule has 218 valence electrons. The highest BCUT2D eigenvalue weighted by molar-refractivity contribution is 6.31. The Hall–Kier alpha value is -4.70. The van der Waals surface area contributed by atoms with E-state index < -0.39 is 29.8 Å². The van der Waals surface area contributed by atoms with E-state index in [2.05, 4.69) is 15.4 Å². The van der Waals surface area contributed by atoms with Crippen LogP contribution in [0.15, 0.2) is 72.8 Å². The number of nitrogens with one attached hydrogen (secondary N) is 2. The molecule has 3 aromatic carbocycles. The molecule has 0 aliphatic heterocycles. The van der Waals surface area contributed by atoms with Gasteiger partial charge in [0.25, 0.3) is 5.91 Å². The number of nitrogens with zero attached hydrogens (tertiary/aromatic N) is 2. The number of fused-ring (bicyclic) bond motifs is 1. The van der Waals surface area contributed by atoms with Crippen LogP contribution in [0.3, 0.4) is 0 Å². The zero-order chi connectivity index (χ0) is 30.1. The van der Waals surface area contributed by atoms with Gasteiger partial charge in [0.1, 0.15) is 12.4 Å². The highest BCUT2D eigenvalue weighted by Crippen LogP contribution is 2.28. The summed E-state index contributed by atoms with van der Waals surface area (Å²) < 4.78 is 6.53. The fourth-order valence-electron chi connectivity index (χ4n) is 4.55. The Bertz CT molecular complexity index is 1590. The minimum Gasteiger partial charge on any atom is -0.481 e. The van der Waals surface area contributed by atoms with Crippen LogP contribution < -0.4 is 10.6 Å². The number of benzene rings is 3. The van der Waals surface area contributed by atoms with Gasteiger partial charge in [-0.2, -0.15) is 0 Å². The number of halogens is 1. The van der Waals surface area contributed by atoms with Crippen LogP contribution in [0.2, 0.25) is 5.02 Å². The van der Waals surface area contributed by atoms with Gasteiger partial charge in [-0.25, -0.2) is 4.98 Å². The normalized spacial score (nSPS) is 11.6. The third-order valence-corrected chi connectivity index (χ3v) is 7.09. The second kappa shape index (κ2) is 14.3. The molecule has 11 heteroatoms. The number of methoxy groups -OCH3 is 1. The number of hydrogen-bond acceptors (Lipinski definition) is 6. The molecular formula is C31H31ClN4O6. The number of aliphatic carboxylic acids is 1. The minimum atomic E-state index is -1.06. The third-order valence-electron chi connectivity index (χ3n) is 6.72. The monoisotopic (exact) mass is 590 g/mol. The lowest BCUT2D eigenvalue weighted by molar-refractivity contribution is -0.139. The fourth-order valence-corrected chi connectivity index (χ4v) is 4.75. The third kappa shape index (κ3) is 7.94. The van der Waals surface area contributed by atoms with Crippen molar-refractivity contribution in [2.24, 2.45) is 0 Å². The van der Waals surface area contributed by atoms with Crippen molar-refractivity contribution in [3.63, 3.8) is 0 Å². The van der Waals surface area contributed by atoms with E-state index >= 15 is 0 Å². The molecule has 3 N–H and O–H groups in total. The number of esters is 1. The van der Waals surface area contributed by atoms with Gasteiger partial charge in [0.05, 0.1) is 37.2 Å². The Balaban J connectivity index is 1.75. The van der Waals surface area contributed by atoms with Crippen molar-refractivity contribution in [1.29, 1.82) is 0 Å². The van der Waals surface area contributed by atoms with Crippen molar-refractivity contribution in [1.82, 2.24) is 20.2 Å². The van der Waals surface area contributed by atoms with Gasteiger partial charge in [-0.1, -0.05) is 60.1 Å². The van der Waals surface area contributed by atoms with E-state index in [-0.39, 0.29) is 19.4 Å². The zero-order valence-electron chi connectivity index (χ0n) is 23.0. The van der Waals surface area contributed by atoms with Crippen LogP contribution in [0.1, 0.15) is 52.6 Å². The molecule has 0 saturated heterocycles. The Morgan fingerprint density at radius 3 is 2.45 bits per heavy atom. The molecule has 0 radical (unpaired) electrons. The van der Waals surface area contributed by atoms with Crippen LogP contribution >= 0.6 is 11.6 Å². The van der Waals surface area contributed by atoms with Crippen LogP contribution in [-0.4, -0.2) is 52.1 Å². The number of rotatable bonds is 13. The number of hydrogen-bond donors (Lipinski definition) is 3. The van der Waals surface area contributed by atoms with Crippen molar-refractivity contribution >= 4 is 46.4 Å². The molecule has 0 saturated carbocycles. The number of imidazole rings is 1. The Morgan fingerprint density at radius 1 is 1.00 bits per heavy atom. The van der Waals surface area contributed by atoms with Crippen LogP contribution in [0, 0.1) is 0 Å². The summed E-state index contributed by atoms with van der Waals surface area (Å²) >= 11 is 6.51. The molecule has 10 nitrogen and oxygen atoms in total. The van der Waals surface area contributed by atoms with Gasteiger partial charge in [-0.3, -0.25) is 19.2 Å². The molecule has 1 atom stereocenters. The maximum atomic E-state index is 12.9. The zero-order valence-corrected chi connectivity index (χ0v) is 23.8. The first-order valence-electron chi connectivity index (χ1n) is 13.4. The molecule has 0 aliphatic carbocycles. The number of carbonyl (C=O) groups excluding carboxylic acids is 3. The molecule has 42 heavy (non-hydrogen) atoms. The van der Waals surface area contributed by atoms with Gasteiger partial charge < -0.3 is 25.0 Å². The van der Waals surface area contributed by atoms with E-state index in [1.807, 2.05) is 53.1 Å². The number of amides is 2. The van der Waals surface area contributed by atoms with Crippen LogP contribution in [0.4, 0.5) is 0 Å². The lowest BCUT2D eigenvalue weighted by Crippen LogP contribution is -2.31. The Kier molecular flexibility index (Phi) is 10.3. The molecule has 1 unspecified atom stereocenters. The first kappa shape index (κ1) is 30.3. The van der Waals surface area contributed by atoms with Crippen molar-refractivity contribution in [2.75, 3.05) is 13.7 Å². The standard InChI is InChI=1S/C31H31ClN4O6/c1-42-29(40)18-33-31(41)21-12-14-26-25(17-21)35-30(36(26)19-22-9-5-6-10-23(22)32)24(34-27(37)15-16-28(38)39)13-11-20-7-3-2-4-8-20/h2-10,12,14,17,24H,11,13,15-16,18-19H2,1H3,(H,33,41)(H,34,37)(H,38,39). The molecule has 4 aromatic rings. The van der Waals surface area contributed by atoms with E-state index in [0.29, 0.717) is 46.8 Å². The highest BCUT2D eigenvalue weighted by Gasteiger charge is 2.24. The summed E-state index contributed by atoms with van der Waals surface area (Å²) in [5.41, 5.74) is 3.41. The first-order chi connectivity index (χ1) is 20.2. The van der Waals surface area contributed by atoms with E-state index in [0.717, 1.165) is 11.1 Å². The van der Waals surface area contributed by atoms with E-state index in [4.69, 9.17) is 21.7 Å². The number of carbonyl (C=O) groups is 4. The maximum absolute atomic E-state index is 12.9. The second-order valence-corrected chi connectivity index (χ2v) is 10.1. The quantitative estimate of drug-likeness (QED) is 0.197. The topological polar surface area (TPSA) is 140 Å². The van der Waals surface area contributed by atoms with Crippen molar-refractivity contribution in [2.45, 2.75) is 38.3 Å². The van der Waals surface area contributed by atoms with E-state index in [1.54, 1.807) is 24.3 Å². The summed E-state index contributed by atoms with van der Waals surface area (Å²) in [6.45, 7) is 0.0652. The van der Waals surface area contributed by atoms with Gasteiger partial charge in [-0.05, 0) is 48.2 Å². The summed E-state index contributed by atoms with van der Waals surface area (Å²) in [6.07, 6.45) is 0.645. The molecular weight excluding hydrogens is 560 g/mol. The smallest absolute Gasteiger partial charge is 0.325 e. The van der Waals surface area contributed by atoms with E-state index in [9.17, 15) is 19.2 Å². The number of carboxylic acids is 1. The predicted molar refractivity (Wildman–Crippen MR) is 157 cm³/mol. The summed E-state index contributed by atoms with van der Waals surface area (Å²) in [5.74, 6) is -1.97. The van der Waals surface area contributed by atoms with Gasteiger partial charge in [-0.15, -0.1) is 0 Å². The number of carboxylic acid groups (broad SMARTS) is 1. The number of aryl methyl sites for hydroxylation is 1. The largest absolute Gasteiger partial charge is 0.481 e. The molecule has 1 aromatic heterocycles. The summed E-state index contributed by atoms with van der Waals surface area (Å²) in [6, 6.07) is 21.6. The average molecular weight is 591 g/mol. The average Bonchev–Trinajstić information content (AvgIpc) is 3.35. The number of aromatic nitrogens is 2. The van der Waals surface area contributed by atoms with Gasteiger partial charge in [0.2, 0.25) is 5.91 Å². The Labute approximate surface area is 247 Å². The molecule has 0 fully saturated rings.